The minimum Gasteiger partial charge on any atom is -0.480 e. The van der Waals surface area contributed by atoms with Crippen LogP contribution in [0.15, 0.2) is 24.3 Å². The van der Waals surface area contributed by atoms with Crippen molar-refractivity contribution in [3.63, 3.8) is 0 Å². The standard InChI is InChI=1S/C9H8BrIO2/c10-8(9(12)13)5-6-1-3-7(11)4-2-6/h1-4,8H,5H2,(H,12,13)/t8-/m1/s1. The van der Waals surface area contributed by atoms with Crippen molar-refractivity contribution in [1.29, 1.82) is 0 Å². The Kier molecular flexibility index (Phi) is 4.18. The minimum absolute atomic E-state index is 0.493. The first-order valence-corrected chi connectivity index (χ1v) is 5.70. The summed E-state index contributed by atoms with van der Waals surface area (Å²) in [5.74, 6) is -0.821. The molecule has 0 fully saturated rings. The summed E-state index contributed by atoms with van der Waals surface area (Å²) < 4.78 is 1.16. The quantitative estimate of drug-likeness (QED) is 0.669. The molecular formula is C9H8BrIO2. The Morgan fingerprint density at radius 3 is 2.46 bits per heavy atom. The normalized spacial score (nSPS) is 12.5. The molecule has 0 aliphatic heterocycles. The molecule has 0 amide bonds. The maximum Gasteiger partial charge on any atom is 0.317 e. The van der Waals surface area contributed by atoms with Crippen LogP contribution in [0.1, 0.15) is 5.56 Å². The smallest absolute Gasteiger partial charge is 0.317 e. The van der Waals surface area contributed by atoms with Gasteiger partial charge in [-0.3, -0.25) is 4.79 Å². The van der Waals surface area contributed by atoms with Gasteiger partial charge < -0.3 is 5.11 Å². The van der Waals surface area contributed by atoms with E-state index in [1.807, 2.05) is 24.3 Å². The molecule has 0 bridgehead atoms. The molecule has 1 rings (SSSR count). The number of aliphatic carboxylic acids is 1. The molecular weight excluding hydrogens is 347 g/mol. The van der Waals surface area contributed by atoms with Crippen LogP contribution >= 0.6 is 38.5 Å². The highest BCUT2D eigenvalue weighted by molar-refractivity contribution is 14.1. The Bertz CT molecular complexity index is 297. The number of benzene rings is 1. The van der Waals surface area contributed by atoms with Crippen molar-refractivity contribution in [2.24, 2.45) is 0 Å². The van der Waals surface area contributed by atoms with Gasteiger partial charge in [-0.15, -0.1) is 0 Å². The van der Waals surface area contributed by atoms with E-state index >= 15 is 0 Å². The molecule has 13 heavy (non-hydrogen) atoms. The zero-order valence-electron chi connectivity index (χ0n) is 6.71. The summed E-state index contributed by atoms with van der Waals surface area (Å²) in [5.41, 5.74) is 1.03. The largest absolute Gasteiger partial charge is 0.480 e. The summed E-state index contributed by atoms with van der Waals surface area (Å²) in [5, 5.41) is 8.65. The van der Waals surface area contributed by atoms with Gasteiger partial charge in [-0.25, -0.2) is 0 Å². The lowest BCUT2D eigenvalue weighted by Crippen LogP contribution is -2.15. The average molecular weight is 355 g/mol. The summed E-state index contributed by atoms with van der Waals surface area (Å²) in [6.07, 6.45) is 0.520. The number of halogens is 2. The second-order valence-electron chi connectivity index (χ2n) is 2.64. The summed E-state index contributed by atoms with van der Waals surface area (Å²) in [6.45, 7) is 0. The third-order valence-electron chi connectivity index (χ3n) is 1.60. The highest BCUT2D eigenvalue weighted by atomic mass is 127. The molecule has 0 radical (unpaired) electrons. The Labute approximate surface area is 98.6 Å². The molecule has 0 aliphatic carbocycles. The van der Waals surface area contributed by atoms with Gasteiger partial charge in [0.15, 0.2) is 0 Å². The first kappa shape index (κ1) is 11.0. The lowest BCUT2D eigenvalue weighted by Gasteiger charge is -2.04. The van der Waals surface area contributed by atoms with Crippen LogP contribution in [0.2, 0.25) is 0 Å². The van der Waals surface area contributed by atoms with E-state index in [4.69, 9.17) is 5.11 Å². The van der Waals surface area contributed by atoms with E-state index in [1.54, 1.807) is 0 Å². The van der Waals surface area contributed by atoms with Crippen LogP contribution in [0, 0.1) is 3.57 Å². The fourth-order valence-electron chi connectivity index (χ4n) is 0.915. The van der Waals surface area contributed by atoms with E-state index in [-0.39, 0.29) is 0 Å². The molecule has 0 unspecified atom stereocenters. The van der Waals surface area contributed by atoms with Gasteiger partial charge in [0, 0.05) is 3.57 Å². The third-order valence-corrected chi connectivity index (χ3v) is 3.03. The predicted molar refractivity (Wildman–Crippen MR) is 63.2 cm³/mol. The number of alkyl halides is 1. The second-order valence-corrected chi connectivity index (χ2v) is 4.99. The molecule has 2 nitrogen and oxygen atoms in total. The number of hydrogen-bond donors (Lipinski definition) is 1. The van der Waals surface area contributed by atoms with E-state index in [1.165, 1.54) is 0 Å². The van der Waals surface area contributed by atoms with Crippen molar-refractivity contribution < 1.29 is 9.90 Å². The topological polar surface area (TPSA) is 37.3 Å². The van der Waals surface area contributed by atoms with E-state index in [0.29, 0.717) is 6.42 Å². The second kappa shape index (κ2) is 4.95. The first-order valence-electron chi connectivity index (χ1n) is 3.71. The summed E-state index contributed by atoms with van der Waals surface area (Å²) in [4.78, 5) is 10.0. The van der Waals surface area contributed by atoms with Gasteiger partial charge >= 0.3 is 5.97 Å². The van der Waals surface area contributed by atoms with Gasteiger partial charge in [0.1, 0.15) is 4.83 Å². The van der Waals surface area contributed by atoms with Crippen LogP contribution in [-0.4, -0.2) is 15.9 Å². The van der Waals surface area contributed by atoms with Crippen LogP contribution in [0.3, 0.4) is 0 Å². The summed E-state index contributed by atoms with van der Waals surface area (Å²) in [7, 11) is 0. The fourth-order valence-corrected chi connectivity index (χ4v) is 1.65. The Hall–Kier alpha value is -0.100. The SMILES string of the molecule is O=C(O)[C@H](Br)Cc1ccc(I)cc1. The lowest BCUT2D eigenvalue weighted by molar-refractivity contribution is -0.136. The zero-order valence-corrected chi connectivity index (χ0v) is 10.4. The molecule has 0 aromatic heterocycles. The van der Waals surface area contributed by atoms with Gasteiger partial charge in [0.25, 0.3) is 0 Å². The number of carboxylic acid groups (broad SMARTS) is 1. The average Bonchev–Trinajstić information content (AvgIpc) is 2.08. The highest BCUT2D eigenvalue weighted by Gasteiger charge is 2.12. The monoisotopic (exact) mass is 354 g/mol. The number of carboxylic acids is 1. The van der Waals surface area contributed by atoms with Gasteiger partial charge in [-0.05, 0) is 46.7 Å². The molecule has 1 aromatic carbocycles. The number of rotatable bonds is 3. The van der Waals surface area contributed by atoms with E-state index in [9.17, 15) is 4.79 Å². The molecule has 0 aliphatic rings. The molecule has 1 aromatic rings. The molecule has 0 saturated carbocycles. The van der Waals surface area contributed by atoms with E-state index in [2.05, 4.69) is 38.5 Å². The van der Waals surface area contributed by atoms with Crippen molar-refractivity contribution in [3.8, 4) is 0 Å². The van der Waals surface area contributed by atoms with E-state index < -0.39 is 10.8 Å². The van der Waals surface area contributed by atoms with Gasteiger partial charge in [-0.2, -0.15) is 0 Å². The predicted octanol–water partition coefficient (Wildman–Crippen LogP) is 2.68. The summed E-state index contributed by atoms with van der Waals surface area (Å²) >= 11 is 5.31. The van der Waals surface area contributed by atoms with Crippen molar-refractivity contribution >= 4 is 44.5 Å². The van der Waals surface area contributed by atoms with Crippen molar-refractivity contribution in [2.45, 2.75) is 11.2 Å². The maximum atomic E-state index is 10.5. The van der Waals surface area contributed by atoms with Crippen molar-refractivity contribution in [1.82, 2.24) is 0 Å². The van der Waals surface area contributed by atoms with Crippen LogP contribution in [0.25, 0.3) is 0 Å². The first-order chi connectivity index (χ1) is 6.09. The van der Waals surface area contributed by atoms with E-state index in [0.717, 1.165) is 9.13 Å². The lowest BCUT2D eigenvalue weighted by atomic mass is 10.1. The van der Waals surface area contributed by atoms with Crippen LogP contribution in [0.4, 0.5) is 0 Å². The molecule has 0 saturated heterocycles. The van der Waals surface area contributed by atoms with Gasteiger partial charge in [-0.1, -0.05) is 28.1 Å². The van der Waals surface area contributed by atoms with Crippen LogP contribution in [-0.2, 0) is 11.2 Å². The molecule has 4 heteroatoms. The van der Waals surface area contributed by atoms with Gasteiger partial charge in [0.2, 0.25) is 0 Å². The molecule has 1 N–H and O–H groups in total. The molecule has 0 heterocycles. The van der Waals surface area contributed by atoms with Crippen LogP contribution < -0.4 is 0 Å². The number of hydrogen-bond acceptors (Lipinski definition) is 1. The maximum absolute atomic E-state index is 10.5. The van der Waals surface area contributed by atoms with Crippen molar-refractivity contribution in [3.05, 3.63) is 33.4 Å². The number of carbonyl (C=O) groups is 1. The zero-order chi connectivity index (χ0) is 9.84. The molecule has 0 spiro atoms. The third kappa shape index (κ3) is 3.64. The van der Waals surface area contributed by atoms with Crippen molar-refractivity contribution in [2.75, 3.05) is 0 Å². The van der Waals surface area contributed by atoms with Gasteiger partial charge in [0.05, 0.1) is 0 Å². The highest BCUT2D eigenvalue weighted by Crippen LogP contribution is 2.12. The molecule has 70 valence electrons. The Morgan fingerprint density at radius 1 is 1.46 bits per heavy atom. The fraction of sp³-hybridized carbons (Fsp3) is 0.222. The molecule has 1 atom stereocenters. The summed E-state index contributed by atoms with van der Waals surface area (Å²) in [6, 6.07) is 7.83. The Morgan fingerprint density at radius 2 is 2.00 bits per heavy atom. The van der Waals surface area contributed by atoms with Crippen LogP contribution in [0.5, 0.6) is 0 Å². The minimum atomic E-state index is -0.821. The Balaban J connectivity index is 2.64.